The molecule has 0 saturated carbocycles. The van der Waals surface area contributed by atoms with Crippen LogP contribution in [0, 0.1) is 0 Å². The Labute approximate surface area is 194 Å². The van der Waals surface area contributed by atoms with Gasteiger partial charge in [0.15, 0.2) is 0 Å². The van der Waals surface area contributed by atoms with Gasteiger partial charge < -0.3 is 9.47 Å². The van der Waals surface area contributed by atoms with Crippen LogP contribution < -0.4 is 0 Å². The number of carbonyl (C=O) groups excluding carboxylic acids is 4. The molecule has 0 aliphatic carbocycles. The molecule has 0 bridgehead atoms. The highest BCUT2D eigenvalue weighted by molar-refractivity contribution is 6.49. The van der Waals surface area contributed by atoms with Gasteiger partial charge >= 0.3 is 11.9 Å². The first-order valence-corrected chi connectivity index (χ1v) is 10.1. The van der Waals surface area contributed by atoms with Gasteiger partial charge in [-0.15, -0.1) is 0 Å². The second-order valence-electron chi connectivity index (χ2n) is 8.21. The van der Waals surface area contributed by atoms with Gasteiger partial charge in [-0.25, -0.2) is 9.59 Å². The summed E-state index contributed by atoms with van der Waals surface area (Å²) in [5.41, 5.74) is -1.01. The lowest BCUT2D eigenvalue weighted by atomic mass is 10.1. The van der Waals surface area contributed by atoms with E-state index in [9.17, 15) is 19.2 Å². The maximum absolute atomic E-state index is 11.1. The largest absolute Gasteiger partial charge is 0.432 e. The zero-order valence-electron chi connectivity index (χ0n) is 17.2. The molecule has 0 aromatic heterocycles. The molecule has 30 heavy (non-hydrogen) atoms. The number of rotatable bonds is 4. The molecule has 2 unspecified atom stereocenters. The average Bonchev–Trinajstić information content (AvgIpc) is 3.00. The fourth-order valence-electron chi connectivity index (χ4n) is 2.31. The molecule has 0 N–H and O–H groups in total. The maximum atomic E-state index is 11.1. The first-order chi connectivity index (χ1) is 13.6. The molecule has 2 heterocycles. The van der Waals surface area contributed by atoms with E-state index in [0.29, 0.717) is 12.8 Å². The van der Waals surface area contributed by atoms with E-state index in [4.69, 9.17) is 55.9 Å². The van der Waals surface area contributed by atoms with Gasteiger partial charge in [0, 0.05) is 11.1 Å². The van der Waals surface area contributed by atoms with Gasteiger partial charge in [0.05, 0.1) is 0 Å². The van der Waals surface area contributed by atoms with Crippen molar-refractivity contribution in [3.63, 3.8) is 0 Å². The highest BCUT2D eigenvalue weighted by atomic mass is 35.5. The lowest BCUT2D eigenvalue weighted by molar-refractivity contribution is -0.155. The molecule has 0 spiro atoms. The predicted octanol–water partition coefficient (Wildman–Crippen LogP) is 3.63. The predicted molar refractivity (Wildman–Crippen MR) is 113 cm³/mol. The van der Waals surface area contributed by atoms with Crippen molar-refractivity contribution in [2.24, 2.45) is 0 Å². The summed E-state index contributed by atoms with van der Waals surface area (Å²) in [4.78, 5) is 46.6. The summed E-state index contributed by atoms with van der Waals surface area (Å²) >= 11 is 22.8. The molecule has 2 rings (SSSR count). The van der Waals surface area contributed by atoms with E-state index in [1.165, 1.54) is 9.80 Å². The van der Waals surface area contributed by atoms with Gasteiger partial charge in [-0.2, -0.15) is 0 Å². The summed E-state index contributed by atoms with van der Waals surface area (Å²) < 4.78 is 9.77. The van der Waals surface area contributed by atoms with Crippen molar-refractivity contribution >= 4 is 71.2 Å². The number of carbonyl (C=O) groups is 4. The van der Waals surface area contributed by atoms with Crippen molar-refractivity contribution in [2.75, 3.05) is 0 Å². The molecule has 0 aromatic carbocycles. The van der Waals surface area contributed by atoms with Crippen molar-refractivity contribution in [3.05, 3.63) is 20.1 Å². The monoisotopic (exact) mass is 502 g/mol. The molecule has 2 amide bonds. The Balaban J connectivity index is 0.000000300. The highest BCUT2D eigenvalue weighted by Crippen LogP contribution is 2.34. The minimum Gasteiger partial charge on any atom is -0.432 e. The molecule has 0 saturated heterocycles. The van der Waals surface area contributed by atoms with E-state index in [2.05, 4.69) is 0 Å². The normalized spacial score (nSPS) is 21.7. The number of ether oxygens (including phenoxy) is 2. The Morgan fingerprint density at radius 2 is 0.967 bits per heavy atom. The zero-order chi connectivity index (χ0) is 23.6. The SMILES string of the molecule is CC(C)(C)N(C=O)C1OC(=O)C(Cl)=C1Cl.CC(C)(C)N(C=O)C1OC(=O)C(Cl)=C1Cl. The number of hydrogen-bond donors (Lipinski definition) is 0. The molecule has 168 valence electrons. The van der Waals surface area contributed by atoms with Gasteiger partial charge in [0.1, 0.15) is 20.1 Å². The third kappa shape index (κ3) is 5.81. The Morgan fingerprint density at radius 1 is 0.700 bits per heavy atom. The van der Waals surface area contributed by atoms with E-state index < -0.39 is 35.5 Å². The van der Waals surface area contributed by atoms with E-state index in [1.54, 1.807) is 41.5 Å². The van der Waals surface area contributed by atoms with Crippen molar-refractivity contribution in [2.45, 2.75) is 65.1 Å². The van der Waals surface area contributed by atoms with Crippen LogP contribution in [0.3, 0.4) is 0 Å². The maximum Gasteiger partial charge on any atom is 0.353 e. The van der Waals surface area contributed by atoms with Crippen LogP contribution in [0.2, 0.25) is 0 Å². The van der Waals surface area contributed by atoms with Crippen LogP contribution in [0.25, 0.3) is 0 Å². The zero-order valence-corrected chi connectivity index (χ0v) is 20.2. The van der Waals surface area contributed by atoms with Crippen LogP contribution in [0.4, 0.5) is 0 Å². The number of nitrogens with zero attached hydrogens (tertiary/aromatic N) is 2. The molecule has 0 fully saturated rings. The number of hydrogen-bond acceptors (Lipinski definition) is 6. The minimum absolute atomic E-state index is 0.0451. The lowest BCUT2D eigenvalue weighted by Crippen LogP contribution is -2.47. The molecule has 2 atom stereocenters. The topological polar surface area (TPSA) is 93.2 Å². The Hall–Kier alpha value is -1.48. The van der Waals surface area contributed by atoms with E-state index in [1.807, 2.05) is 0 Å². The van der Waals surface area contributed by atoms with Crippen LogP contribution in [0.5, 0.6) is 0 Å². The molecule has 12 heteroatoms. The fraction of sp³-hybridized carbons (Fsp3) is 0.556. The lowest BCUT2D eigenvalue weighted by Gasteiger charge is -2.35. The van der Waals surface area contributed by atoms with Crippen LogP contribution >= 0.6 is 46.4 Å². The van der Waals surface area contributed by atoms with Crippen molar-refractivity contribution in [1.82, 2.24) is 9.80 Å². The Bertz CT molecular complexity index is 731. The quantitative estimate of drug-likeness (QED) is 0.429. The molecule has 2 aliphatic heterocycles. The molecule has 0 radical (unpaired) electrons. The molecule has 0 aromatic rings. The first kappa shape index (κ1) is 26.6. The summed E-state index contributed by atoms with van der Waals surface area (Å²) in [5.74, 6) is -1.41. The van der Waals surface area contributed by atoms with Crippen LogP contribution in [0.15, 0.2) is 20.1 Å². The number of cyclic esters (lactones) is 2. The van der Waals surface area contributed by atoms with E-state index in [-0.39, 0.29) is 20.1 Å². The second-order valence-corrected chi connectivity index (χ2v) is 9.78. The first-order valence-electron chi connectivity index (χ1n) is 8.57. The van der Waals surface area contributed by atoms with Crippen LogP contribution in [0.1, 0.15) is 41.5 Å². The Morgan fingerprint density at radius 3 is 1.10 bits per heavy atom. The van der Waals surface area contributed by atoms with Crippen molar-refractivity contribution < 1.29 is 28.7 Å². The highest BCUT2D eigenvalue weighted by Gasteiger charge is 2.41. The van der Waals surface area contributed by atoms with Gasteiger partial charge in [0.25, 0.3) is 0 Å². The van der Waals surface area contributed by atoms with Gasteiger partial charge in [-0.3, -0.25) is 19.4 Å². The molecular formula is C18H22Cl4N2O6. The Kier molecular flexibility index (Phi) is 8.64. The van der Waals surface area contributed by atoms with Crippen LogP contribution in [-0.2, 0) is 28.7 Å². The standard InChI is InChI=1S/2C9H11Cl2NO3/c2*1-9(2,3)12(4-13)7-5(10)6(11)8(14)15-7/h2*4,7H,1-3H3. The van der Waals surface area contributed by atoms with Gasteiger partial charge in [0.2, 0.25) is 25.3 Å². The molecule has 2 aliphatic rings. The number of esters is 2. The summed E-state index contributed by atoms with van der Waals surface area (Å²) in [6, 6.07) is 0. The summed E-state index contributed by atoms with van der Waals surface area (Å²) in [5, 5.41) is -0.247. The van der Waals surface area contributed by atoms with E-state index in [0.717, 1.165) is 0 Å². The average molecular weight is 504 g/mol. The van der Waals surface area contributed by atoms with Crippen molar-refractivity contribution in [1.29, 1.82) is 0 Å². The minimum atomic E-state index is -0.913. The second kappa shape index (κ2) is 9.77. The third-order valence-electron chi connectivity index (χ3n) is 3.93. The van der Waals surface area contributed by atoms with Gasteiger partial charge in [-0.1, -0.05) is 46.4 Å². The van der Waals surface area contributed by atoms with E-state index >= 15 is 0 Å². The number of halogens is 4. The number of amides is 2. The summed E-state index contributed by atoms with van der Waals surface area (Å²) in [7, 11) is 0. The smallest absolute Gasteiger partial charge is 0.353 e. The van der Waals surface area contributed by atoms with Crippen LogP contribution in [-0.4, -0.2) is 58.1 Å². The summed E-state index contributed by atoms with van der Waals surface area (Å²) in [6.45, 7) is 10.8. The summed E-state index contributed by atoms with van der Waals surface area (Å²) in [6.07, 6.45) is -0.667. The third-order valence-corrected chi connectivity index (χ3v) is 5.59. The van der Waals surface area contributed by atoms with Crippen molar-refractivity contribution in [3.8, 4) is 0 Å². The fourth-order valence-corrected chi connectivity index (χ4v) is 3.04. The van der Waals surface area contributed by atoms with Gasteiger partial charge in [-0.05, 0) is 41.5 Å². The molecular weight excluding hydrogens is 482 g/mol. The molecule has 8 nitrogen and oxygen atoms in total.